The summed E-state index contributed by atoms with van der Waals surface area (Å²) >= 11 is 6.52. The van der Waals surface area contributed by atoms with E-state index in [0.717, 1.165) is 17.8 Å². The number of aromatic nitrogens is 1. The second kappa shape index (κ2) is 8.34. The number of piperidine rings is 1. The molecule has 186 valence electrons. The highest BCUT2D eigenvalue weighted by molar-refractivity contribution is 6.35. The van der Waals surface area contributed by atoms with Gasteiger partial charge >= 0.3 is 5.97 Å². The minimum absolute atomic E-state index is 0.140. The molecule has 0 atom stereocenters. The molecule has 5 fully saturated rings. The van der Waals surface area contributed by atoms with Crippen LogP contribution in [0.15, 0.2) is 24.3 Å². The third kappa shape index (κ3) is 4.06. The number of carbonyl (C=O) groups excluding carboxylic acids is 1. The summed E-state index contributed by atoms with van der Waals surface area (Å²) in [5, 5.41) is 23.9. The molecule has 1 aliphatic heterocycles. The first-order valence-electron chi connectivity index (χ1n) is 12.8. The van der Waals surface area contributed by atoms with E-state index in [-0.39, 0.29) is 24.2 Å². The molecule has 3 N–H and O–H groups in total. The van der Waals surface area contributed by atoms with Crippen molar-refractivity contribution in [3.63, 3.8) is 0 Å². The number of pyridine rings is 1. The van der Waals surface area contributed by atoms with E-state index >= 15 is 0 Å². The maximum Gasteiger partial charge on any atom is 0.335 e. The Morgan fingerprint density at radius 3 is 2.26 bits per heavy atom. The monoisotopic (exact) mass is 497 g/mol. The summed E-state index contributed by atoms with van der Waals surface area (Å²) in [6.07, 6.45) is 8.12. The summed E-state index contributed by atoms with van der Waals surface area (Å²) in [5.74, 6) is 1.89. The fourth-order valence-electron chi connectivity index (χ4n) is 7.76. The Bertz CT molecular complexity index is 1160. The van der Waals surface area contributed by atoms with Crippen molar-refractivity contribution >= 4 is 40.2 Å². The van der Waals surface area contributed by atoms with Gasteiger partial charge in [-0.15, -0.1) is 0 Å². The van der Waals surface area contributed by atoms with Crippen LogP contribution in [0.3, 0.4) is 0 Å². The minimum atomic E-state index is -1.68. The van der Waals surface area contributed by atoms with Gasteiger partial charge in [-0.05, 0) is 86.0 Å². The van der Waals surface area contributed by atoms with Crippen LogP contribution in [0.4, 0.5) is 5.82 Å². The van der Waals surface area contributed by atoms with E-state index in [2.05, 4.69) is 5.32 Å². The molecule has 4 saturated carbocycles. The molecular weight excluding hydrogens is 466 g/mol. The third-order valence-corrected chi connectivity index (χ3v) is 9.45. The van der Waals surface area contributed by atoms with Crippen LogP contribution < -0.4 is 10.2 Å². The van der Waals surface area contributed by atoms with Gasteiger partial charge in [0.25, 0.3) is 5.91 Å². The molecule has 1 aromatic heterocycles. The van der Waals surface area contributed by atoms with E-state index in [1.54, 1.807) is 6.07 Å². The zero-order valence-corrected chi connectivity index (χ0v) is 20.6. The lowest BCUT2D eigenvalue weighted by Gasteiger charge is -2.56. The van der Waals surface area contributed by atoms with E-state index in [1.807, 2.05) is 23.1 Å². The molecule has 7 rings (SSSR count). The van der Waals surface area contributed by atoms with Crippen molar-refractivity contribution < 1.29 is 19.8 Å². The number of amides is 1. The van der Waals surface area contributed by atoms with Gasteiger partial charge in [0.1, 0.15) is 5.82 Å². The van der Waals surface area contributed by atoms with Gasteiger partial charge in [0, 0.05) is 37.9 Å². The van der Waals surface area contributed by atoms with Crippen molar-refractivity contribution in [1.82, 2.24) is 10.3 Å². The first kappa shape index (κ1) is 23.0. The van der Waals surface area contributed by atoms with Crippen LogP contribution in [0, 0.1) is 23.2 Å². The normalized spacial score (nSPS) is 31.0. The number of anilines is 1. The molecule has 8 heteroatoms. The van der Waals surface area contributed by atoms with Crippen molar-refractivity contribution in [3.8, 4) is 0 Å². The van der Waals surface area contributed by atoms with Crippen LogP contribution in [0.5, 0.6) is 0 Å². The summed E-state index contributed by atoms with van der Waals surface area (Å²) in [7, 11) is 0. The van der Waals surface area contributed by atoms with Crippen molar-refractivity contribution in [3.05, 3.63) is 34.9 Å². The number of carboxylic acids is 1. The smallest absolute Gasteiger partial charge is 0.335 e. The van der Waals surface area contributed by atoms with Crippen molar-refractivity contribution in [2.24, 2.45) is 23.2 Å². The largest absolute Gasteiger partial charge is 0.479 e. The molecule has 35 heavy (non-hydrogen) atoms. The zero-order valence-electron chi connectivity index (χ0n) is 19.8. The van der Waals surface area contributed by atoms with Crippen LogP contribution in [0.2, 0.25) is 5.02 Å². The molecule has 1 saturated heterocycles. The maximum absolute atomic E-state index is 13.4. The highest BCUT2D eigenvalue weighted by Crippen LogP contribution is 2.59. The summed E-state index contributed by atoms with van der Waals surface area (Å²) in [5.41, 5.74) is -0.292. The Morgan fingerprint density at radius 1 is 1.03 bits per heavy atom. The number of hydrogen-bond donors (Lipinski definition) is 3. The summed E-state index contributed by atoms with van der Waals surface area (Å²) in [6, 6.07) is 7.26. The molecule has 4 aliphatic carbocycles. The number of carbonyl (C=O) groups is 2. The Kier molecular flexibility index (Phi) is 5.49. The average molecular weight is 498 g/mol. The fraction of sp³-hybridized carbons (Fsp3) is 0.593. The first-order chi connectivity index (χ1) is 16.7. The number of benzene rings is 1. The quantitative estimate of drug-likeness (QED) is 0.570. The lowest BCUT2D eigenvalue weighted by atomic mass is 9.49. The summed E-state index contributed by atoms with van der Waals surface area (Å²) < 4.78 is 0. The molecular formula is C27H32ClN3O4. The fourth-order valence-corrected chi connectivity index (χ4v) is 8.01. The van der Waals surface area contributed by atoms with Crippen LogP contribution in [0.25, 0.3) is 10.9 Å². The molecule has 1 aromatic carbocycles. The van der Waals surface area contributed by atoms with E-state index in [1.165, 1.54) is 38.5 Å². The number of nitrogens with zero attached hydrogens (tertiary/aromatic N) is 2. The predicted molar refractivity (Wildman–Crippen MR) is 134 cm³/mol. The highest BCUT2D eigenvalue weighted by Gasteiger charge is 2.50. The van der Waals surface area contributed by atoms with Crippen molar-refractivity contribution in [1.29, 1.82) is 0 Å². The average Bonchev–Trinajstić information content (AvgIpc) is 2.82. The first-order valence-corrected chi connectivity index (χ1v) is 13.2. The highest BCUT2D eigenvalue weighted by atomic mass is 35.5. The van der Waals surface area contributed by atoms with Crippen LogP contribution >= 0.6 is 11.6 Å². The Labute approximate surface area is 209 Å². The van der Waals surface area contributed by atoms with Gasteiger partial charge in [-0.3, -0.25) is 4.79 Å². The molecule has 4 bridgehead atoms. The van der Waals surface area contributed by atoms with Gasteiger partial charge in [-0.25, -0.2) is 9.78 Å². The second-order valence-electron chi connectivity index (χ2n) is 11.6. The SMILES string of the molecule is O=C(NCC12CC3CC(CC(C3)C1)C2)c1c(Cl)ccc2nc(N3CCC(O)(C(=O)O)CC3)ccc12. The van der Waals surface area contributed by atoms with E-state index < -0.39 is 11.6 Å². The summed E-state index contributed by atoms with van der Waals surface area (Å²) in [4.78, 5) is 31.4. The Hall–Kier alpha value is -2.38. The van der Waals surface area contributed by atoms with Gasteiger partial charge in [-0.2, -0.15) is 0 Å². The Balaban J connectivity index is 1.20. The topological polar surface area (TPSA) is 103 Å². The van der Waals surface area contributed by atoms with Gasteiger partial charge in [0.2, 0.25) is 0 Å². The Morgan fingerprint density at radius 2 is 1.66 bits per heavy atom. The standard InChI is InChI=1S/C27H32ClN3O4/c28-20-2-3-21-19(1-4-22(30-21)31-7-5-27(35,6-8-31)25(33)34)23(20)24(32)29-15-26-12-16-9-17(13-26)11-18(10-16)14-26/h1-4,16-18,35H,5-15H2,(H,29,32)(H,33,34). The number of fused-ring (bicyclic) bond motifs is 1. The van der Waals surface area contributed by atoms with Gasteiger partial charge in [-0.1, -0.05) is 11.6 Å². The number of halogens is 1. The number of nitrogens with one attached hydrogen (secondary N) is 1. The lowest BCUT2D eigenvalue weighted by molar-refractivity contribution is -0.160. The van der Waals surface area contributed by atoms with Gasteiger partial charge in [0.15, 0.2) is 5.60 Å². The number of carboxylic acid groups (broad SMARTS) is 1. The lowest BCUT2D eigenvalue weighted by Crippen LogP contribution is -2.51. The molecule has 0 unspecified atom stereocenters. The van der Waals surface area contributed by atoms with Gasteiger partial charge < -0.3 is 20.4 Å². The minimum Gasteiger partial charge on any atom is -0.479 e. The number of hydrogen-bond acceptors (Lipinski definition) is 5. The van der Waals surface area contributed by atoms with Crippen LogP contribution in [-0.2, 0) is 4.79 Å². The second-order valence-corrected chi connectivity index (χ2v) is 12.0. The molecule has 0 spiro atoms. The molecule has 0 radical (unpaired) electrons. The number of rotatable bonds is 5. The van der Waals surface area contributed by atoms with Crippen molar-refractivity contribution in [2.75, 3.05) is 24.5 Å². The van der Waals surface area contributed by atoms with E-state index in [4.69, 9.17) is 16.6 Å². The maximum atomic E-state index is 13.4. The van der Waals surface area contributed by atoms with E-state index in [0.29, 0.717) is 46.9 Å². The van der Waals surface area contributed by atoms with Crippen LogP contribution in [-0.4, -0.2) is 52.3 Å². The van der Waals surface area contributed by atoms with Crippen molar-refractivity contribution in [2.45, 2.75) is 57.0 Å². The van der Waals surface area contributed by atoms with Crippen LogP contribution in [0.1, 0.15) is 61.7 Å². The third-order valence-electron chi connectivity index (χ3n) is 9.13. The number of aliphatic carboxylic acids is 1. The number of aliphatic hydroxyl groups is 1. The molecule has 1 amide bonds. The molecule has 5 aliphatic rings. The van der Waals surface area contributed by atoms with E-state index in [9.17, 15) is 19.8 Å². The molecule has 7 nitrogen and oxygen atoms in total. The summed E-state index contributed by atoms with van der Waals surface area (Å²) in [6.45, 7) is 1.51. The molecule has 2 heterocycles. The zero-order chi connectivity index (χ0) is 24.4. The predicted octanol–water partition coefficient (Wildman–Crippen LogP) is 4.25. The van der Waals surface area contributed by atoms with Gasteiger partial charge in [0.05, 0.1) is 16.1 Å². The molecule has 2 aromatic rings.